The summed E-state index contributed by atoms with van der Waals surface area (Å²) in [4.78, 5) is 15.3. The van der Waals surface area contributed by atoms with Gasteiger partial charge < -0.3 is 10.5 Å². The van der Waals surface area contributed by atoms with Crippen LogP contribution in [0, 0.1) is 21.4 Å². The van der Waals surface area contributed by atoms with Gasteiger partial charge in [0, 0.05) is 11.6 Å². The summed E-state index contributed by atoms with van der Waals surface area (Å²) in [5.41, 5.74) is 9.08. The molecule has 0 spiro atoms. The van der Waals surface area contributed by atoms with Crippen molar-refractivity contribution < 1.29 is 9.66 Å². The van der Waals surface area contributed by atoms with Crippen LogP contribution in [0.1, 0.15) is 11.1 Å². The molecule has 0 aliphatic rings. The molecule has 0 aliphatic heterocycles. The lowest BCUT2D eigenvalue weighted by atomic mass is 9.98. The molecule has 1 heterocycles. The number of pyridine rings is 1. The molecule has 0 bridgehead atoms. The van der Waals surface area contributed by atoms with Gasteiger partial charge in [0.1, 0.15) is 29.8 Å². The average Bonchev–Trinajstić information content (AvgIpc) is 2.83. The van der Waals surface area contributed by atoms with Crippen LogP contribution in [0.25, 0.3) is 22.4 Å². The fourth-order valence-electron chi connectivity index (χ4n) is 3.39. The number of anilines is 1. The highest BCUT2D eigenvalue weighted by molar-refractivity contribution is 5.82. The highest BCUT2D eigenvalue weighted by Gasteiger charge is 2.19. The zero-order chi connectivity index (χ0) is 22.5. The normalized spacial score (nSPS) is 10.3. The van der Waals surface area contributed by atoms with Crippen LogP contribution in [0.4, 0.5) is 11.5 Å². The van der Waals surface area contributed by atoms with Gasteiger partial charge in [-0.05, 0) is 35.4 Å². The smallest absolute Gasteiger partial charge is 0.278 e. The Kier molecular flexibility index (Phi) is 5.77. The Morgan fingerprint density at radius 2 is 1.72 bits per heavy atom. The number of hydrogen-bond acceptors (Lipinski definition) is 6. The summed E-state index contributed by atoms with van der Waals surface area (Å²) in [5, 5.41) is 21.1. The largest absolute Gasteiger partial charge is 0.489 e. The number of rotatable bonds is 6. The number of nitro groups is 1. The van der Waals surface area contributed by atoms with Crippen LogP contribution < -0.4 is 10.5 Å². The minimum Gasteiger partial charge on any atom is -0.489 e. The highest BCUT2D eigenvalue weighted by Crippen LogP contribution is 2.35. The second kappa shape index (κ2) is 8.98. The summed E-state index contributed by atoms with van der Waals surface area (Å²) in [5.74, 6) is 0.631. The second-order valence-electron chi connectivity index (χ2n) is 7.00. The van der Waals surface area contributed by atoms with Gasteiger partial charge in [-0.1, -0.05) is 54.6 Å². The standard InChI is InChI=1S/C25H18N4O3/c26-15-22-21(14-23(28-25(22)27)20-11-4-5-12-24(20)29(30)31)18-9-6-10-19(13-18)32-16-17-7-2-1-3-8-17/h1-14H,16H2,(H2,27,28). The topological polar surface area (TPSA) is 115 Å². The van der Waals surface area contributed by atoms with Crippen molar-refractivity contribution in [2.75, 3.05) is 5.73 Å². The molecule has 4 aromatic rings. The Morgan fingerprint density at radius 3 is 2.47 bits per heavy atom. The van der Waals surface area contributed by atoms with E-state index in [1.807, 2.05) is 54.6 Å². The van der Waals surface area contributed by atoms with Crippen molar-refractivity contribution in [1.82, 2.24) is 4.98 Å². The Morgan fingerprint density at radius 1 is 0.969 bits per heavy atom. The SMILES string of the molecule is N#Cc1c(-c2cccc(OCc3ccccc3)c2)cc(-c2ccccc2[N+](=O)[O-])nc1N. The first kappa shape index (κ1) is 20.6. The molecule has 0 radical (unpaired) electrons. The van der Waals surface area contributed by atoms with Crippen molar-refractivity contribution in [3.8, 4) is 34.2 Å². The number of nitriles is 1. The second-order valence-corrected chi connectivity index (χ2v) is 7.00. The zero-order valence-electron chi connectivity index (χ0n) is 16.9. The molecule has 7 nitrogen and oxygen atoms in total. The van der Waals surface area contributed by atoms with E-state index in [1.54, 1.807) is 24.3 Å². The molecular weight excluding hydrogens is 404 g/mol. The van der Waals surface area contributed by atoms with Crippen molar-refractivity contribution in [2.24, 2.45) is 0 Å². The van der Waals surface area contributed by atoms with Crippen molar-refractivity contribution >= 4 is 11.5 Å². The number of nitrogens with two attached hydrogens (primary N) is 1. The Labute approximate surface area is 184 Å². The third-order valence-corrected chi connectivity index (χ3v) is 4.93. The molecule has 0 fully saturated rings. The van der Waals surface area contributed by atoms with E-state index in [0.717, 1.165) is 5.56 Å². The number of benzene rings is 3. The number of hydrogen-bond donors (Lipinski definition) is 1. The number of para-hydroxylation sites is 1. The maximum atomic E-state index is 11.5. The van der Waals surface area contributed by atoms with Crippen molar-refractivity contribution in [3.63, 3.8) is 0 Å². The van der Waals surface area contributed by atoms with Gasteiger partial charge in [0.05, 0.1) is 16.2 Å². The van der Waals surface area contributed by atoms with Crippen LogP contribution in [0.5, 0.6) is 5.75 Å². The number of nitrogens with zero attached hydrogens (tertiary/aromatic N) is 3. The first-order chi connectivity index (χ1) is 15.6. The number of ether oxygens (including phenoxy) is 1. The molecule has 0 unspecified atom stereocenters. The summed E-state index contributed by atoms with van der Waals surface area (Å²) >= 11 is 0. The maximum absolute atomic E-state index is 11.5. The molecule has 4 rings (SSSR count). The van der Waals surface area contributed by atoms with E-state index in [9.17, 15) is 15.4 Å². The third-order valence-electron chi connectivity index (χ3n) is 4.93. The van der Waals surface area contributed by atoms with Gasteiger partial charge in [-0.2, -0.15) is 5.26 Å². The summed E-state index contributed by atoms with van der Waals surface area (Å²) in [6.07, 6.45) is 0. The fourth-order valence-corrected chi connectivity index (χ4v) is 3.39. The Balaban J connectivity index is 1.75. The lowest BCUT2D eigenvalue weighted by Gasteiger charge is -2.12. The monoisotopic (exact) mass is 422 g/mol. The van der Waals surface area contributed by atoms with Crippen LogP contribution in [-0.4, -0.2) is 9.91 Å². The van der Waals surface area contributed by atoms with Gasteiger partial charge in [-0.25, -0.2) is 4.98 Å². The molecule has 1 aromatic heterocycles. The maximum Gasteiger partial charge on any atom is 0.278 e. The van der Waals surface area contributed by atoms with Gasteiger partial charge in [-0.15, -0.1) is 0 Å². The molecule has 7 heteroatoms. The molecule has 3 aromatic carbocycles. The summed E-state index contributed by atoms with van der Waals surface area (Å²) < 4.78 is 5.90. The Bertz CT molecular complexity index is 1330. The minimum atomic E-state index is -0.469. The molecule has 0 aliphatic carbocycles. The van der Waals surface area contributed by atoms with Crippen LogP contribution in [0.3, 0.4) is 0 Å². The van der Waals surface area contributed by atoms with Gasteiger partial charge in [-0.3, -0.25) is 10.1 Å². The number of nitro benzene ring substituents is 1. The zero-order valence-corrected chi connectivity index (χ0v) is 16.9. The van der Waals surface area contributed by atoms with Gasteiger partial charge in [0.15, 0.2) is 0 Å². The average molecular weight is 422 g/mol. The van der Waals surface area contributed by atoms with Crippen molar-refractivity contribution in [3.05, 3.63) is 106 Å². The third kappa shape index (κ3) is 4.25. The highest BCUT2D eigenvalue weighted by atomic mass is 16.6. The molecule has 0 saturated carbocycles. The van der Waals surface area contributed by atoms with E-state index in [4.69, 9.17) is 10.5 Å². The van der Waals surface area contributed by atoms with Gasteiger partial charge in [0.2, 0.25) is 0 Å². The first-order valence-electron chi connectivity index (χ1n) is 9.78. The van der Waals surface area contributed by atoms with Crippen LogP contribution in [0.2, 0.25) is 0 Å². The Hall–Kier alpha value is -4.70. The summed E-state index contributed by atoms with van der Waals surface area (Å²) in [6.45, 7) is 0.398. The van der Waals surface area contributed by atoms with Crippen molar-refractivity contribution in [2.45, 2.75) is 6.61 Å². The predicted molar refractivity (Wildman–Crippen MR) is 122 cm³/mol. The van der Waals surface area contributed by atoms with Crippen LogP contribution >= 0.6 is 0 Å². The summed E-state index contributed by atoms with van der Waals surface area (Å²) in [7, 11) is 0. The lowest BCUT2D eigenvalue weighted by Crippen LogP contribution is -2.01. The molecular formula is C25H18N4O3. The first-order valence-corrected chi connectivity index (χ1v) is 9.78. The van der Waals surface area contributed by atoms with E-state index < -0.39 is 4.92 Å². The number of nitrogen functional groups attached to an aromatic ring is 1. The summed E-state index contributed by atoms with van der Waals surface area (Å²) in [6, 6.07) is 27.1. The van der Waals surface area contributed by atoms with Crippen LogP contribution in [0.15, 0.2) is 84.9 Å². The molecule has 2 N–H and O–H groups in total. The van der Waals surface area contributed by atoms with Crippen LogP contribution in [-0.2, 0) is 6.61 Å². The fraction of sp³-hybridized carbons (Fsp3) is 0.0400. The molecule has 156 valence electrons. The van der Waals surface area contributed by atoms with E-state index in [0.29, 0.717) is 34.7 Å². The molecule has 0 saturated heterocycles. The predicted octanol–water partition coefficient (Wildman–Crippen LogP) is 5.36. The van der Waals surface area contributed by atoms with E-state index >= 15 is 0 Å². The van der Waals surface area contributed by atoms with E-state index in [-0.39, 0.29) is 17.1 Å². The number of aromatic nitrogens is 1. The molecule has 0 atom stereocenters. The van der Waals surface area contributed by atoms with E-state index in [2.05, 4.69) is 11.1 Å². The molecule has 32 heavy (non-hydrogen) atoms. The lowest BCUT2D eigenvalue weighted by molar-refractivity contribution is -0.384. The minimum absolute atomic E-state index is 0.00811. The van der Waals surface area contributed by atoms with Gasteiger partial charge >= 0.3 is 0 Å². The quantitative estimate of drug-likeness (QED) is 0.330. The van der Waals surface area contributed by atoms with Gasteiger partial charge in [0.25, 0.3) is 5.69 Å². The molecule has 0 amide bonds. The van der Waals surface area contributed by atoms with Crippen molar-refractivity contribution in [1.29, 1.82) is 5.26 Å². The van der Waals surface area contributed by atoms with E-state index in [1.165, 1.54) is 6.07 Å².